The Morgan fingerprint density at radius 3 is 2.57 bits per heavy atom. The van der Waals surface area contributed by atoms with Crippen LogP contribution in [0.1, 0.15) is 45.4 Å². The molecule has 0 aliphatic heterocycles. The zero-order valence-corrected chi connectivity index (χ0v) is 14.6. The highest BCUT2D eigenvalue weighted by Gasteiger charge is 2.19. The zero-order chi connectivity index (χ0) is 15.7. The van der Waals surface area contributed by atoms with E-state index in [0.29, 0.717) is 11.0 Å². The molecule has 0 amide bonds. The number of pyridine rings is 1. The second-order valence-electron chi connectivity index (χ2n) is 4.81. The van der Waals surface area contributed by atoms with Crippen molar-refractivity contribution in [2.75, 3.05) is 12.0 Å². The second kappa shape index (κ2) is 9.34. The number of nitrogen functional groups attached to an aromatic ring is 1. The number of rotatable bonds is 10. The van der Waals surface area contributed by atoms with Gasteiger partial charge in [0, 0.05) is 17.2 Å². The van der Waals surface area contributed by atoms with E-state index in [0.717, 1.165) is 19.3 Å². The molecule has 0 atom stereocenters. The predicted molar refractivity (Wildman–Crippen MR) is 88.3 cm³/mol. The van der Waals surface area contributed by atoms with Gasteiger partial charge in [-0.25, -0.2) is 24.0 Å². The fraction of sp³-hybridized carbons (Fsp3) is 0.615. The maximum absolute atomic E-state index is 12.2. The number of unbranched alkanes of at least 4 members (excludes halogenated alkanes) is 5. The van der Waals surface area contributed by atoms with Crippen LogP contribution in [0.3, 0.4) is 0 Å². The van der Waals surface area contributed by atoms with Crippen molar-refractivity contribution in [1.29, 1.82) is 0 Å². The molecular formula is C13H23BrN4O2S. The van der Waals surface area contributed by atoms with Crippen LogP contribution >= 0.6 is 15.9 Å². The minimum Gasteiger partial charge on any atom is -0.307 e. The van der Waals surface area contributed by atoms with Crippen molar-refractivity contribution in [2.24, 2.45) is 5.84 Å². The number of nitrogens with zero attached hydrogens (tertiary/aromatic N) is 1. The Morgan fingerprint density at radius 2 is 1.90 bits per heavy atom. The van der Waals surface area contributed by atoms with Gasteiger partial charge in [0.2, 0.25) is 10.0 Å². The number of hydrazine groups is 1. The Morgan fingerprint density at radius 1 is 1.24 bits per heavy atom. The molecule has 1 aromatic rings. The summed E-state index contributed by atoms with van der Waals surface area (Å²) in [5, 5.41) is 0. The topological polar surface area (TPSA) is 97.1 Å². The summed E-state index contributed by atoms with van der Waals surface area (Å²) >= 11 is 3.21. The summed E-state index contributed by atoms with van der Waals surface area (Å²) in [6, 6.07) is 1.48. The number of halogens is 1. The average Bonchev–Trinajstić information content (AvgIpc) is 2.46. The lowest BCUT2D eigenvalue weighted by Gasteiger charge is -2.10. The Kier molecular flexibility index (Phi) is 8.16. The van der Waals surface area contributed by atoms with Crippen molar-refractivity contribution in [3.63, 3.8) is 0 Å². The first-order chi connectivity index (χ1) is 10.0. The van der Waals surface area contributed by atoms with Crippen LogP contribution in [-0.4, -0.2) is 19.9 Å². The molecule has 0 fully saturated rings. The third-order valence-corrected chi connectivity index (χ3v) is 4.98. The normalized spacial score (nSPS) is 11.6. The largest absolute Gasteiger partial charge is 0.307 e. The molecule has 0 radical (unpaired) electrons. The first-order valence-corrected chi connectivity index (χ1v) is 9.40. The van der Waals surface area contributed by atoms with E-state index < -0.39 is 10.0 Å². The molecule has 0 saturated heterocycles. The molecule has 21 heavy (non-hydrogen) atoms. The lowest BCUT2D eigenvalue weighted by atomic mass is 10.1. The molecule has 1 heterocycles. The monoisotopic (exact) mass is 378 g/mol. The Balaban J connectivity index is 2.52. The molecule has 0 aliphatic carbocycles. The maximum atomic E-state index is 12.2. The van der Waals surface area contributed by atoms with Crippen molar-refractivity contribution in [2.45, 2.75) is 50.3 Å². The smallest absolute Gasteiger partial charge is 0.244 e. The van der Waals surface area contributed by atoms with Gasteiger partial charge in [0.1, 0.15) is 4.90 Å². The first kappa shape index (κ1) is 18.3. The quantitative estimate of drug-likeness (QED) is 0.330. The van der Waals surface area contributed by atoms with Gasteiger partial charge in [-0.1, -0.05) is 39.0 Å². The third kappa shape index (κ3) is 6.29. The predicted octanol–water partition coefficient (Wildman–Crippen LogP) is 2.77. The molecule has 0 aliphatic rings. The van der Waals surface area contributed by atoms with Crippen LogP contribution in [-0.2, 0) is 10.0 Å². The lowest BCUT2D eigenvalue weighted by molar-refractivity contribution is 0.567. The molecule has 1 aromatic heterocycles. The number of aromatic nitrogens is 1. The molecule has 8 heteroatoms. The summed E-state index contributed by atoms with van der Waals surface area (Å²) in [5.74, 6) is 5.43. The fourth-order valence-electron chi connectivity index (χ4n) is 1.92. The first-order valence-electron chi connectivity index (χ1n) is 7.13. The number of hydrogen-bond donors (Lipinski definition) is 3. The minimum atomic E-state index is -3.61. The van der Waals surface area contributed by atoms with Crippen molar-refractivity contribution >= 4 is 31.8 Å². The van der Waals surface area contributed by atoms with Gasteiger partial charge in [-0.05, 0) is 28.4 Å². The standard InChI is InChI=1S/C13H23BrN4O2S/c1-2-3-4-5-6-7-8-17-21(19,20)12-9-11(14)10-16-13(12)18-15/h9-10,17H,2-8,15H2,1H3,(H,16,18). The molecule has 0 saturated carbocycles. The number of sulfonamides is 1. The Hall–Kier alpha value is -0.700. The minimum absolute atomic E-state index is 0.0466. The van der Waals surface area contributed by atoms with Gasteiger partial charge in [0.15, 0.2) is 5.82 Å². The number of nitrogens with one attached hydrogen (secondary N) is 2. The summed E-state index contributed by atoms with van der Waals surface area (Å²) in [4.78, 5) is 3.99. The highest BCUT2D eigenvalue weighted by Crippen LogP contribution is 2.22. The zero-order valence-electron chi connectivity index (χ0n) is 12.2. The Labute approximate surface area is 135 Å². The average molecular weight is 379 g/mol. The van der Waals surface area contributed by atoms with E-state index in [9.17, 15) is 8.42 Å². The van der Waals surface area contributed by atoms with E-state index >= 15 is 0 Å². The number of anilines is 1. The van der Waals surface area contributed by atoms with Crippen molar-refractivity contribution in [3.8, 4) is 0 Å². The van der Waals surface area contributed by atoms with Gasteiger partial charge in [0.05, 0.1) is 0 Å². The number of nitrogens with two attached hydrogens (primary N) is 1. The van der Waals surface area contributed by atoms with E-state index in [1.54, 1.807) is 0 Å². The van der Waals surface area contributed by atoms with Crippen molar-refractivity contribution in [1.82, 2.24) is 9.71 Å². The molecule has 4 N–H and O–H groups in total. The molecule has 0 bridgehead atoms. The molecule has 0 unspecified atom stereocenters. The van der Waals surface area contributed by atoms with Crippen LogP contribution in [0.25, 0.3) is 0 Å². The molecule has 0 spiro atoms. The van der Waals surface area contributed by atoms with Crippen LogP contribution in [0.2, 0.25) is 0 Å². The highest BCUT2D eigenvalue weighted by molar-refractivity contribution is 9.10. The SMILES string of the molecule is CCCCCCCCNS(=O)(=O)c1cc(Br)cnc1NN. The van der Waals surface area contributed by atoms with E-state index in [1.165, 1.54) is 31.5 Å². The molecule has 6 nitrogen and oxygen atoms in total. The van der Waals surface area contributed by atoms with E-state index in [2.05, 4.69) is 38.0 Å². The van der Waals surface area contributed by atoms with Crippen molar-refractivity contribution in [3.05, 3.63) is 16.7 Å². The summed E-state index contributed by atoms with van der Waals surface area (Å²) in [5.41, 5.74) is 2.30. The van der Waals surface area contributed by atoms with Crippen LogP contribution in [0.15, 0.2) is 21.6 Å². The fourth-order valence-corrected chi connectivity index (χ4v) is 3.62. The summed E-state index contributed by atoms with van der Waals surface area (Å²) in [6.45, 7) is 2.59. The third-order valence-electron chi connectivity index (χ3n) is 3.07. The lowest BCUT2D eigenvalue weighted by Crippen LogP contribution is -2.26. The van der Waals surface area contributed by atoms with Crippen LogP contribution in [0.5, 0.6) is 0 Å². The van der Waals surface area contributed by atoms with E-state index in [1.807, 2.05) is 0 Å². The molecule has 1 rings (SSSR count). The van der Waals surface area contributed by atoms with Crippen LogP contribution in [0.4, 0.5) is 5.82 Å². The summed E-state index contributed by atoms with van der Waals surface area (Å²) < 4.78 is 27.6. The van der Waals surface area contributed by atoms with Gasteiger partial charge in [0.25, 0.3) is 0 Å². The van der Waals surface area contributed by atoms with Gasteiger partial charge >= 0.3 is 0 Å². The van der Waals surface area contributed by atoms with E-state index in [4.69, 9.17) is 5.84 Å². The van der Waals surface area contributed by atoms with Gasteiger partial charge in [-0.2, -0.15) is 0 Å². The Bertz CT molecular complexity index is 537. The molecular weight excluding hydrogens is 356 g/mol. The second-order valence-corrected chi connectivity index (χ2v) is 7.46. The highest BCUT2D eigenvalue weighted by atomic mass is 79.9. The molecule has 0 aromatic carbocycles. The molecule has 120 valence electrons. The van der Waals surface area contributed by atoms with Gasteiger partial charge < -0.3 is 5.43 Å². The van der Waals surface area contributed by atoms with E-state index in [-0.39, 0.29) is 10.7 Å². The van der Waals surface area contributed by atoms with Crippen LogP contribution < -0.4 is 16.0 Å². The summed E-state index contributed by atoms with van der Waals surface area (Å²) in [6.07, 6.45) is 8.14. The summed E-state index contributed by atoms with van der Waals surface area (Å²) in [7, 11) is -3.61. The van der Waals surface area contributed by atoms with Crippen molar-refractivity contribution < 1.29 is 8.42 Å². The van der Waals surface area contributed by atoms with Gasteiger partial charge in [-0.3, -0.25) is 0 Å². The van der Waals surface area contributed by atoms with Crippen LogP contribution in [0, 0.1) is 0 Å². The number of hydrogen-bond acceptors (Lipinski definition) is 5. The van der Waals surface area contributed by atoms with Gasteiger partial charge in [-0.15, -0.1) is 0 Å². The maximum Gasteiger partial charge on any atom is 0.244 e.